The van der Waals surface area contributed by atoms with E-state index in [4.69, 9.17) is 9.05 Å². The summed E-state index contributed by atoms with van der Waals surface area (Å²) >= 11 is 0. The van der Waals surface area contributed by atoms with E-state index >= 15 is 0 Å². The SMILES string of the molecule is CC/C=C\C/C=C\C/C=C\C/C=C\C/C=C\CCCCCCCCCC(=O)NC(COP(=O)(O)OCC[N+](C)(C)C)C(O)/C=C/CCCCCCCCCCCCCCCCCCCCCCCCCCC. The number of carbonyl (C=O) groups is 1. The van der Waals surface area contributed by atoms with Crippen molar-refractivity contribution < 1.29 is 32.9 Å². The van der Waals surface area contributed by atoms with Gasteiger partial charge < -0.3 is 19.8 Å². The Hall–Kier alpha value is -2.06. The Bertz CT molecular complexity index is 1400. The van der Waals surface area contributed by atoms with Crippen LogP contribution in [-0.2, 0) is 18.4 Å². The molecule has 0 saturated heterocycles. The Balaban J connectivity index is 4.21. The molecule has 0 aromatic heterocycles. The third-order valence-corrected chi connectivity index (χ3v) is 14.4. The molecule has 3 unspecified atom stereocenters. The Kier molecular flexibility index (Phi) is 52.2. The van der Waals surface area contributed by atoms with Gasteiger partial charge in [0.15, 0.2) is 0 Å². The predicted molar refractivity (Wildman–Crippen MR) is 313 cm³/mol. The number of rotatable bonds is 55. The summed E-state index contributed by atoms with van der Waals surface area (Å²) in [6.07, 6.45) is 74.4. The molecule has 72 heavy (non-hydrogen) atoms. The molecule has 0 heterocycles. The van der Waals surface area contributed by atoms with Crippen molar-refractivity contribution >= 4 is 13.7 Å². The van der Waals surface area contributed by atoms with E-state index in [9.17, 15) is 19.4 Å². The van der Waals surface area contributed by atoms with Crippen LogP contribution in [0, 0.1) is 0 Å². The van der Waals surface area contributed by atoms with Gasteiger partial charge in [0.05, 0.1) is 39.9 Å². The number of hydrogen-bond donors (Lipinski definition) is 3. The molecule has 0 aromatic rings. The second-order valence-corrected chi connectivity index (χ2v) is 23.2. The Labute approximate surface area is 446 Å². The summed E-state index contributed by atoms with van der Waals surface area (Å²) in [6, 6.07) is -0.858. The highest BCUT2D eigenvalue weighted by molar-refractivity contribution is 7.47. The number of nitrogens with zero attached hydrogens (tertiary/aromatic N) is 1. The molecule has 0 bridgehead atoms. The molecule has 0 aliphatic heterocycles. The van der Waals surface area contributed by atoms with Crippen LogP contribution in [0.3, 0.4) is 0 Å². The minimum absolute atomic E-state index is 0.0562. The molecule has 0 fully saturated rings. The van der Waals surface area contributed by atoms with Crippen LogP contribution in [0.15, 0.2) is 72.9 Å². The van der Waals surface area contributed by atoms with Gasteiger partial charge in [-0.2, -0.15) is 0 Å². The zero-order chi connectivity index (χ0) is 52.7. The van der Waals surface area contributed by atoms with Crippen LogP contribution in [0.5, 0.6) is 0 Å². The molecule has 0 aliphatic rings. The van der Waals surface area contributed by atoms with Crippen molar-refractivity contribution in [1.29, 1.82) is 0 Å². The van der Waals surface area contributed by atoms with Crippen LogP contribution in [0.4, 0.5) is 0 Å². The third-order valence-electron chi connectivity index (χ3n) is 13.4. The average molecular weight is 1030 g/mol. The zero-order valence-corrected chi connectivity index (χ0v) is 48.8. The number of phosphoric acid groups is 1. The lowest BCUT2D eigenvalue weighted by atomic mass is 10.0. The second-order valence-electron chi connectivity index (χ2n) is 21.7. The monoisotopic (exact) mass is 1030 g/mol. The number of carbonyl (C=O) groups excluding carboxylic acids is 1. The second kappa shape index (κ2) is 53.8. The van der Waals surface area contributed by atoms with E-state index in [-0.39, 0.29) is 19.1 Å². The molecule has 1 amide bonds. The first-order valence-corrected chi connectivity index (χ1v) is 31.8. The lowest BCUT2D eigenvalue weighted by Crippen LogP contribution is -2.45. The van der Waals surface area contributed by atoms with Gasteiger partial charge in [0.1, 0.15) is 13.2 Å². The van der Waals surface area contributed by atoms with Crippen LogP contribution in [-0.4, -0.2) is 73.4 Å². The summed E-state index contributed by atoms with van der Waals surface area (Å²) in [5.74, 6) is -0.188. The number of allylic oxidation sites excluding steroid dienone is 11. The largest absolute Gasteiger partial charge is 0.472 e. The van der Waals surface area contributed by atoms with Crippen LogP contribution in [0.2, 0.25) is 0 Å². The Morgan fingerprint density at radius 3 is 1.22 bits per heavy atom. The fourth-order valence-corrected chi connectivity index (χ4v) is 9.45. The summed E-state index contributed by atoms with van der Waals surface area (Å²) in [6.45, 7) is 4.72. The summed E-state index contributed by atoms with van der Waals surface area (Å²) in [4.78, 5) is 23.3. The van der Waals surface area contributed by atoms with Crippen LogP contribution in [0.25, 0.3) is 0 Å². The fourth-order valence-electron chi connectivity index (χ4n) is 8.72. The molecule has 0 spiro atoms. The highest BCUT2D eigenvalue weighted by atomic mass is 31.2. The Morgan fingerprint density at radius 2 is 0.833 bits per heavy atom. The highest BCUT2D eigenvalue weighted by Gasteiger charge is 2.27. The van der Waals surface area contributed by atoms with E-state index in [0.29, 0.717) is 17.4 Å². The topological polar surface area (TPSA) is 105 Å². The van der Waals surface area contributed by atoms with Crippen molar-refractivity contribution in [3.8, 4) is 0 Å². The van der Waals surface area contributed by atoms with E-state index in [0.717, 1.165) is 83.5 Å². The maximum absolute atomic E-state index is 13.0. The lowest BCUT2D eigenvalue weighted by molar-refractivity contribution is -0.870. The number of quaternary nitrogens is 1. The summed E-state index contributed by atoms with van der Waals surface area (Å²) in [5, 5.41) is 14.0. The normalized spacial score (nSPS) is 14.4. The summed E-state index contributed by atoms with van der Waals surface area (Å²) in [5.41, 5.74) is 0. The van der Waals surface area contributed by atoms with Crippen LogP contribution in [0.1, 0.15) is 271 Å². The number of amides is 1. The maximum atomic E-state index is 13.0. The van der Waals surface area contributed by atoms with E-state index in [1.54, 1.807) is 6.08 Å². The van der Waals surface area contributed by atoms with Crippen molar-refractivity contribution in [2.75, 3.05) is 40.9 Å². The smallest absolute Gasteiger partial charge is 0.387 e. The quantitative estimate of drug-likeness (QED) is 0.0243. The van der Waals surface area contributed by atoms with Gasteiger partial charge in [-0.05, 0) is 64.2 Å². The highest BCUT2D eigenvalue weighted by Crippen LogP contribution is 2.43. The number of nitrogens with one attached hydrogen (secondary N) is 1. The molecule has 0 saturated carbocycles. The first-order valence-electron chi connectivity index (χ1n) is 30.3. The Morgan fingerprint density at radius 1 is 0.486 bits per heavy atom. The molecule has 3 atom stereocenters. The van der Waals surface area contributed by atoms with Crippen molar-refractivity contribution in [3.63, 3.8) is 0 Å². The van der Waals surface area contributed by atoms with Gasteiger partial charge in [0, 0.05) is 6.42 Å². The van der Waals surface area contributed by atoms with Crippen molar-refractivity contribution in [3.05, 3.63) is 72.9 Å². The van der Waals surface area contributed by atoms with Gasteiger partial charge in [0.2, 0.25) is 5.91 Å². The van der Waals surface area contributed by atoms with Crippen LogP contribution >= 0.6 is 7.82 Å². The standard InChI is InChI=1S/C63H117N2O6P/c1-6-8-10-12-14-16-18-20-22-24-26-28-30-31-32-33-35-36-38-40-42-44-46-48-50-52-54-56-62(66)61(60-71-72(68,69)70-59-58-65(3,4)5)64-63(67)57-55-53-51-49-47-45-43-41-39-37-34-29-27-25-23-21-19-17-15-13-11-9-7-2/h9,11,15,17,21,23,27,29,37,39,54,56,61-62,66H,6-8,10,12-14,16,18-20,22,24-26,28,30-36,38,40-53,55,57-60H2,1-5H3,(H-,64,67,68,69)/p+1/b11-9-,17-15-,23-21-,29-27-,39-37-,56-54+. The minimum atomic E-state index is -4.36. The van der Waals surface area contributed by atoms with E-state index in [2.05, 4.69) is 79.9 Å². The van der Waals surface area contributed by atoms with Gasteiger partial charge in [-0.3, -0.25) is 13.8 Å². The fraction of sp³-hybridized carbons (Fsp3) is 0.794. The molecule has 0 rings (SSSR count). The molecular weight excluding hydrogens is 912 g/mol. The first-order chi connectivity index (χ1) is 35.0. The summed E-state index contributed by atoms with van der Waals surface area (Å²) < 4.78 is 23.7. The first kappa shape index (κ1) is 69.9. The van der Waals surface area contributed by atoms with Crippen molar-refractivity contribution in [2.24, 2.45) is 0 Å². The summed E-state index contributed by atoms with van der Waals surface area (Å²) in [7, 11) is 1.56. The maximum Gasteiger partial charge on any atom is 0.472 e. The zero-order valence-electron chi connectivity index (χ0n) is 47.9. The molecule has 9 heteroatoms. The number of aliphatic hydroxyl groups is 1. The van der Waals surface area contributed by atoms with Gasteiger partial charge in [-0.25, -0.2) is 4.57 Å². The van der Waals surface area contributed by atoms with E-state index < -0.39 is 20.0 Å². The van der Waals surface area contributed by atoms with E-state index in [1.807, 2.05) is 27.2 Å². The lowest BCUT2D eigenvalue weighted by Gasteiger charge is -2.25. The number of aliphatic hydroxyl groups excluding tert-OH is 1. The van der Waals surface area contributed by atoms with Crippen molar-refractivity contribution in [1.82, 2.24) is 5.32 Å². The van der Waals surface area contributed by atoms with Gasteiger partial charge in [-0.15, -0.1) is 0 Å². The number of phosphoric ester groups is 1. The molecule has 0 aliphatic carbocycles. The number of hydrogen-bond acceptors (Lipinski definition) is 5. The molecular formula is C63H118N2O6P+. The van der Waals surface area contributed by atoms with Gasteiger partial charge in [-0.1, -0.05) is 273 Å². The van der Waals surface area contributed by atoms with Gasteiger partial charge >= 0.3 is 7.82 Å². The van der Waals surface area contributed by atoms with Crippen LogP contribution < -0.4 is 5.32 Å². The van der Waals surface area contributed by atoms with Crippen molar-refractivity contribution in [2.45, 2.75) is 283 Å². The van der Waals surface area contributed by atoms with Gasteiger partial charge in [0.25, 0.3) is 0 Å². The average Bonchev–Trinajstić information content (AvgIpc) is 3.34. The minimum Gasteiger partial charge on any atom is -0.387 e. The molecule has 8 nitrogen and oxygen atoms in total. The predicted octanol–water partition coefficient (Wildman–Crippen LogP) is 18.7. The molecule has 420 valence electrons. The molecule has 0 aromatic carbocycles. The number of likely N-dealkylation sites (N-methyl/N-ethyl adjacent to an activating group) is 1. The third kappa shape index (κ3) is 55.7. The molecule has 0 radical (unpaired) electrons. The molecule has 3 N–H and O–H groups in total. The number of unbranched alkanes of at least 4 members (excludes halogenated alkanes) is 32. The van der Waals surface area contributed by atoms with E-state index in [1.165, 1.54) is 167 Å².